The summed E-state index contributed by atoms with van der Waals surface area (Å²) in [5.74, 6) is 0. The molecule has 2 nitrogen and oxygen atoms in total. The molecular weight excluding hydrogens is 208 g/mol. The van der Waals surface area contributed by atoms with Crippen molar-refractivity contribution < 1.29 is 0 Å². The van der Waals surface area contributed by atoms with E-state index in [-0.39, 0.29) is 0 Å². The molecule has 2 N–H and O–H groups in total. The highest BCUT2D eigenvalue weighted by Gasteiger charge is 2.16. The lowest BCUT2D eigenvalue weighted by Gasteiger charge is -2.19. The van der Waals surface area contributed by atoms with Gasteiger partial charge in [0.15, 0.2) is 0 Å². The molecule has 1 unspecified atom stereocenters. The highest BCUT2D eigenvalue weighted by molar-refractivity contribution is 6.30. The first kappa shape index (κ1) is 10.9. The predicted octanol–water partition coefficient (Wildman–Crippen LogP) is 2.35. The molecule has 3 heteroatoms. The third-order valence-corrected chi connectivity index (χ3v) is 3.13. The monoisotopic (exact) mass is 224 g/mol. The molecule has 0 spiro atoms. The molecule has 1 aromatic carbocycles. The Kier molecular flexibility index (Phi) is 3.62. The van der Waals surface area contributed by atoms with Crippen molar-refractivity contribution in [2.45, 2.75) is 25.4 Å². The summed E-state index contributed by atoms with van der Waals surface area (Å²) in [6, 6.07) is 9.03. The van der Waals surface area contributed by atoms with Crippen LogP contribution in [0.5, 0.6) is 0 Å². The standard InChI is InChI=1S/C12H17ClN2/c1-9(15-12-5-6-14-8-12)10-3-2-4-11(13)7-10/h2-4,7,9,12,14-15H,5-6,8H2,1H3/t9-,12?/m1/s1. The molecule has 0 amide bonds. The first-order valence-corrected chi connectivity index (χ1v) is 5.86. The second-order valence-corrected chi connectivity index (χ2v) is 4.57. The Bertz CT molecular complexity index is 321. The Labute approximate surface area is 96.0 Å². The molecule has 1 aliphatic rings. The Morgan fingerprint density at radius 2 is 2.40 bits per heavy atom. The highest BCUT2D eigenvalue weighted by Crippen LogP contribution is 2.18. The number of rotatable bonds is 3. The lowest BCUT2D eigenvalue weighted by Crippen LogP contribution is -2.33. The van der Waals surface area contributed by atoms with E-state index in [2.05, 4.69) is 23.6 Å². The summed E-state index contributed by atoms with van der Waals surface area (Å²) in [5.41, 5.74) is 1.26. The molecule has 1 aromatic rings. The predicted molar refractivity (Wildman–Crippen MR) is 64.3 cm³/mol. The van der Waals surface area contributed by atoms with Crippen molar-refractivity contribution in [1.82, 2.24) is 10.6 Å². The van der Waals surface area contributed by atoms with Crippen LogP contribution in [0.15, 0.2) is 24.3 Å². The van der Waals surface area contributed by atoms with Gasteiger partial charge in [0, 0.05) is 23.7 Å². The molecule has 1 saturated heterocycles. The summed E-state index contributed by atoms with van der Waals surface area (Å²) in [7, 11) is 0. The van der Waals surface area contributed by atoms with E-state index in [0.29, 0.717) is 12.1 Å². The van der Waals surface area contributed by atoms with Gasteiger partial charge in [-0.1, -0.05) is 23.7 Å². The van der Waals surface area contributed by atoms with Crippen LogP contribution >= 0.6 is 11.6 Å². The summed E-state index contributed by atoms with van der Waals surface area (Å²) >= 11 is 5.97. The van der Waals surface area contributed by atoms with E-state index in [0.717, 1.165) is 18.1 Å². The zero-order chi connectivity index (χ0) is 10.7. The summed E-state index contributed by atoms with van der Waals surface area (Å²) < 4.78 is 0. The average molecular weight is 225 g/mol. The first-order valence-electron chi connectivity index (χ1n) is 5.48. The first-order chi connectivity index (χ1) is 7.25. The van der Waals surface area contributed by atoms with Gasteiger partial charge in [0.05, 0.1) is 0 Å². The van der Waals surface area contributed by atoms with Crippen LogP contribution in [0.4, 0.5) is 0 Å². The van der Waals surface area contributed by atoms with Crippen molar-refractivity contribution in [1.29, 1.82) is 0 Å². The van der Waals surface area contributed by atoms with E-state index < -0.39 is 0 Å². The van der Waals surface area contributed by atoms with Crippen molar-refractivity contribution in [2.75, 3.05) is 13.1 Å². The number of nitrogens with one attached hydrogen (secondary N) is 2. The molecule has 0 bridgehead atoms. The Balaban J connectivity index is 1.97. The van der Waals surface area contributed by atoms with E-state index in [1.54, 1.807) is 0 Å². The number of hydrogen-bond acceptors (Lipinski definition) is 2. The van der Waals surface area contributed by atoms with Crippen LogP contribution in [0, 0.1) is 0 Å². The molecule has 2 atom stereocenters. The third kappa shape index (κ3) is 2.94. The van der Waals surface area contributed by atoms with Gasteiger partial charge in [-0.15, -0.1) is 0 Å². The molecule has 1 fully saturated rings. The van der Waals surface area contributed by atoms with Crippen LogP contribution in [0.1, 0.15) is 24.9 Å². The van der Waals surface area contributed by atoms with E-state index in [1.165, 1.54) is 12.0 Å². The molecule has 0 aliphatic carbocycles. The fraction of sp³-hybridized carbons (Fsp3) is 0.500. The molecule has 0 radical (unpaired) electrons. The maximum atomic E-state index is 5.97. The summed E-state index contributed by atoms with van der Waals surface area (Å²) in [6.07, 6.45) is 1.21. The molecule has 1 heterocycles. The fourth-order valence-corrected chi connectivity index (χ4v) is 2.22. The van der Waals surface area contributed by atoms with Crippen molar-refractivity contribution in [2.24, 2.45) is 0 Å². The largest absolute Gasteiger partial charge is 0.315 e. The van der Waals surface area contributed by atoms with E-state index in [1.807, 2.05) is 18.2 Å². The van der Waals surface area contributed by atoms with Crippen LogP contribution in [0.2, 0.25) is 5.02 Å². The zero-order valence-electron chi connectivity index (χ0n) is 8.96. The van der Waals surface area contributed by atoms with Gasteiger partial charge in [-0.2, -0.15) is 0 Å². The fourth-order valence-electron chi connectivity index (χ4n) is 2.02. The Morgan fingerprint density at radius 3 is 3.07 bits per heavy atom. The molecule has 0 aromatic heterocycles. The van der Waals surface area contributed by atoms with Crippen molar-refractivity contribution in [3.8, 4) is 0 Å². The SMILES string of the molecule is C[C@@H](NC1CCNC1)c1cccc(Cl)c1. The smallest absolute Gasteiger partial charge is 0.0409 e. The maximum absolute atomic E-state index is 5.97. The Morgan fingerprint density at radius 1 is 1.53 bits per heavy atom. The molecule has 2 rings (SSSR count). The van der Waals surface area contributed by atoms with Gasteiger partial charge in [0.25, 0.3) is 0 Å². The molecule has 82 valence electrons. The van der Waals surface area contributed by atoms with Crippen LogP contribution < -0.4 is 10.6 Å². The second-order valence-electron chi connectivity index (χ2n) is 4.13. The highest BCUT2D eigenvalue weighted by atomic mass is 35.5. The third-order valence-electron chi connectivity index (χ3n) is 2.89. The van der Waals surface area contributed by atoms with Gasteiger partial charge >= 0.3 is 0 Å². The van der Waals surface area contributed by atoms with E-state index in [9.17, 15) is 0 Å². The van der Waals surface area contributed by atoms with Crippen LogP contribution in [-0.2, 0) is 0 Å². The quantitative estimate of drug-likeness (QED) is 0.824. The summed E-state index contributed by atoms with van der Waals surface area (Å²) in [4.78, 5) is 0. The lowest BCUT2D eigenvalue weighted by molar-refractivity contribution is 0.478. The van der Waals surface area contributed by atoms with E-state index >= 15 is 0 Å². The molecule has 15 heavy (non-hydrogen) atoms. The molecular formula is C12H17ClN2. The number of halogens is 1. The van der Waals surface area contributed by atoms with Gasteiger partial charge in [-0.25, -0.2) is 0 Å². The number of hydrogen-bond donors (Lipinski definition) is 2. The number of benzene rings is 1. The van der Waals surface area contributed by atoms with Gasteiger partial charge in [0.1, 0.15) is 0 Å². The second kappa shape index (κ2) is 4.97. The normalized spacial score (nSPS) is 22.9. The maximum Gasteiger partial charge on any atom is 0.0409 e. The van der Waals surface area contributed by atoms with Crippen molar-refractivity contribution in [3.05, 3.63) is 34.9 Å². The van der Waals surface area contributed by atoms with Gasteiger partial charge in [-0.3, -0.25) is 0 Å². The van der Waals surface area contributed by atoms with Crippen LogP contribution in [-0.4, -0.2) is 19.1 Å². The van der Waals surface area contributed by atoms with Crippen molar-refractivity contribution in [3.63, 3.8) is 0 Å². The van der Waals surface area contributed by atoms with Crippen LogP contribution in [0.3, 0.4) is 0 Å². The van der Waals surface area contributed by atoms with Gasteiger partial charge in [-0.05, 0) is 37.6 Å². The van der Waals surface area contributed by atoms with Crippen LogP contribution in [0.25, 0.3) is 0 Å². The minimum absolute atomic E-state index is 0.369. The van der Waals surface area contributed by atoms with Crippen molar-refractivity contribution >= 4 is 11.6 Å². The summed E-state index contributed by atoms with van der Waals surface area (Å²) in [6.45, 7) is 4.38. The van der Waals surface area contributed by atoms with Gasteiger partial charge < -0.3 is 10.6 Å². The minimum atomic E-state index is 0.369. The molecule has 0 saturated carbocycles. The average Bonchev–Trinajstić information content (AvgIpc) is 2.70. The molecule has 1 aliphatic heterocycles. The van der Waals surface area contributed by atoms with Gasteiger partial charge in [0.2, 0.25) is 0 Å². The Hall–Kier alpha value is -0.570. The lowest BCUT2D eigenvalue weighted by atomic mass is 10.1. The topological polar surface area (TPSA) is 24.1 Å². The minimum Gasteiger partial charge on any atom is -0.315 e. The van der Waals surface area contributed by atoms with E-state index in [4.69, 9.17) is 11.6 Å². The zero-order valence-corrected chi connectivity index (χ0v) is 9.72. The summed E-state index contributed by atoms with van der Waals surface area (Å²) in [5, 5.41) is 7.76.